The van der Waals surface area contributed by atoms with E-state index in [1.807, 2.05) is 30.3 Å². The second kappa shape index (κ2) is 5.84. The van der Waals surface area contributed by atoms with Gasteiger partial charge in [-0.25, -0.2) is 0 Å². The van der Waals surface area contributed by atoms with E-state index in [4.69, 9.17) is 9.84 Å². The first-order chi connectivity index (χ1) is 8.20. The lowest BCUT2D eigenvalue weighted by atomic mass is 10.0. The van der Waals surface area contributed by atoms with Crippen LogP contribution in [0.15, 0.2) is 35.2 Å². The number of aliphatic hydroxyl groups is 3. The van der Waals surface area contributed by atoms with Gasteiger partial charge >= 0.3 is 0 Å². The number of thioether (sulfide) groups is 1. The van der Waals surface area contributed by atoms with Crippen LogP contribution in [0.4, 0.5) is 0 Å². The molecule has 1 aliphatic rings. The summed E-state index contributed by atoms with van der Waals surface area (Å²) in [5.41, 5.74) is -0.446. The Morgan fingerprint density at radius 3 is 2.53 bits per heavy atom. The van der Waals surface area contributed by atoms with E-state index in [2.05, 4.69) is 0 Å². The SMILES string of the molecule is OC[C@H]1O[C@@H](Sc2ccccc2)[C@H](O)C[C@@H]1O. The Bertz CT molecular complexity index is 346. The summed E-state index contributed by atoms with van der Waals surface area (Å²) in [6.07, 6.45) is -1.91. The van der Waals surface area contributed by atoms with E-state index < -0.39 is 23.7 Å². The van der Waals surface area contributed by atoms with Gasteiger partial charge in [0.05, 0.1) is 18.8 Å². The molecule has 0 radical (unpaired) electrons. The van der Waals surface area contributed by atoms with Gasteiger partial charge in [-0.1, -0.05) is 30.0 Å². The molecule has 0 amide bonds. The van der Waals surface area contributed by atoms with Gasteiger partial charge in [0.15, 0.2) is 0 Å². The zero-order valence-corrected chi connectivity index (χ0v) is 10.1. The van der Waals surface area contributed by atoms with Crippen molar-refractivity contribution >= 4 is 11.8 Å². The van der Waals surface area contributed by atoms with Crippen LogP contribution in [0.3, 0.4) is 0 Å². The molecule has 0 aliphatic carbocycles. The summed E-state index contributed by atoms with van der Waals surface area (Å²) >= 11 is 1.40. The van der Waals surface area contributed by atoms with Crippen molar-refractivity contribution in [2.45, 2.75) is 35.1 Å². The number of aliphatic hydroxyl groups excluding tert-OH is 3. The molecule has 94 valence electrons. The number of ether oxygens (including phenoxy) is 1. The monoisotopic (exact) mass is 256 g/mol. The summed E-state index contributed by atoms with van der Waals surface area (Å²) in [5.74, 6) is 0. The van der Waals surface area contributed by atoms with Crippen molar-refractivity contribution in [2.75, 3.05) is 6.61 Å². The van der Waals surface area contributed by atoms with Crippen LogP contribution in [0.2, 0.25) is 0 Å². The van der Waals surface area contributed by atoms with E-state index in [9.17, 15) is 10.2 Å². The second-order valence-electron chi connectivity index (χ2n) is 4.03. The van der Waals surface area contributed by atoms with Gasteiger partial charge in [-0.15, -0.1) is 0 Å². The molecule has 17 heavy (non-hydrogen) atoms. The van der Waals surface area contributed by atoms with E-state index in [0.29, 0.717) is 0 Å². The molecule has 2 rings (SSSR count). The summed E-state index contributed by atoms with van der Waals surface area (Å²) in [5, 5.41) is 28.5. The van der Waals surface area contributed by atoms with Gasteiger partial charge in [0.2, 0.25) is 0 Å². The zero-order valence-electron chi connectivity index (χ0n) is 9.27. The fraction of sp³-hybridized carbons (Fsp3) is 0.500. The van der Waals surface area contributed by atoms with Crippen molar-refractivity contribution in [3.8, 4) is 0 Å². The number of hydrogen-bond donors (Lipinski definition) is 3. The van der Waals surface area contributed by atoms with Crippen molar-refractivity contribution in [1.29, 1.82) is 0 Å². The highest BCUT2D eigenvalue weighted by atomic mass is 32.2. The van der Waals surface area contributed by atoms with E-state index >= 15 is 0 Å². The standard InChI is InChI=1S/C12H16O4S/c13-7-11-9(14)6-10(15)12(16-11)17-8-4-2-1-3-5-8/h1-5,9-15H,6-7H2/t9-,10+,11+,12-/m0/s1. The maximum Gasteiger partial charge on any atom is 0.134 e. The van der Waals surface area contributed by atoms with Crippen LogP contribution in [-0.4, -0.2) is 45.7 Å². The van der Waals surface area contributed by atoms with Crippen LogP contribution < -0.4 is 0 Å². The summed E-state index contributed by atoms with van der Waals surface area (Å²) in [7, 11) is 0. The minimum absolute atomic E-state index is 0.232. The van der Waals surface area contributed by atoms with Crippen molar-refractivity contribution in [3.63, 3.8) is 0 Å². The Hall–Kier alpha value is -0.590. The van der Waals surface area contributed by atoms with Gasteiger partial charge in [0.25, 0.3) is 0 Å². The van der Waals surface area contributed by atoms with Crippen LogP contribution >= 0.6 is 11.8 Å². The molecule has 0 bridgehead atoms. The molecule has 4 atom stereocenters. The Balaban J connectivity index is 2.00. The Kier molecular flexibility index (Phi) is 4.42. The fourth-order valence-electron chi connectivity index (χ4n) is 1.77. The smallest absolute Gasteiger partial charge is 0.134 e. The molecular formula is C12H16O4S. The maximum atomic E-state index is 9.83. The van der Waals surface area contributed by atoms with Crippen molar-refractivity contribution in [3.05, 3.63) is 30.3 Å². The van der Waals surface area contributed by atoms with Gasteiger partial charge in [-0.3, -0.25) is 0 Å². The third-order valence-electron chi connectivity index (χ3n) is 2.71. The molecule has 4 nitrogen and oxygen atoms in total. The molecule has 0 unspecified atom stereocenters. The van der Waals surface area contributed by atoms with Crippen LogP contribution in [0, 0.1) is 0 Å². The largest absolute Gasteiger partial charge is 0.394 e. The summed E-state index contributed by atoms with van der Waals surface area (Å²) in [6, 6.07) is 9.60. The normalized spacial score (nSPS) is 33.6. The first-order valence-electron chi connectivity index (χ1n) is 5.55. The van der Waals surface area contributed by atoms with Crippen LogP contribution in [-0.2, 0) is 4.74 Å². The molecular weight excluding hydrogens is 240 g/mol. The molecule has 0 aromatic heterocycles. The molecule has 1 aromatic carbocycles. The summed E-state index contributed by atoms with van der Waals surface area (Å²) in [4.78, 5) is 0.990. The molecule has 1 heterocycles. The number of benzene rings is 1. The minimum atomic E-state index is -0.803. The Labute approximate surface area is 104 Å². The lowest BCUT2D eigenvalue weighted by molar-refractivity contribution is -0.149. The first-order valence-corrected chi connectivity index (χ1v) is 6.43. The predicted molar refractivity (Wildman–Crippen MR) is 64.7 cm³/mol. The quantitative estimate of drug-likeness (QED) is 0.739. The molecule has 3 N–H and O–H groups in total. The number of rotatable bonds is 3. The molecule has 5 heteroatoms. The van der Waals surface area contributed by atoms with Crippen LogP contribution in [0.1, 0.15) is 6.42 Å². The molecule has 1 aromatic rings. The average Bonchev–Trinajstić information content (AvgIpc) is 2.34. The summed E-state index contributed by atoms with van der Waals surface area (Å²) < 4.78 is 5.48. The third-order valence-corrected chi connectivity index (χ3v) is 3.91. The summed E-state index contributed by atoms with van der Waals surface area (Å²) in [6.45, 7) is -0.236. The molecule has 0 saturated carbocycles. The van der Waals surface area contributed by atoms with Crippen LogP contribution in [0.5, 0.6) is 0 Å². The third kappa shape index (κ3) is 3.20. The van der Waals surface area contributed by atoms with Gasteiger partial charge in [0.1, 0.15) is 11.5 Å². The van der Waals surface area contributed by atoms with Gasteiger partial charge in [-0.05, 0) is 12.1 Å². The first kappa shape index (κ1) is 12.9. The minimum Gasteiger partial charge on any atom is -0.394 e. The van der Waals surface area contributed by atoms with Crippen molar-refractivity contribution < 1.29 is 20.1 Å². The Morgan fingerprint density at radius 2 is 1.88 bits per heavy atom. The van der Waals surface area contributed by atoms with Gasteiger partial charge < -0.3 is 20.1 Å². The van der Waals surface area contributed by atoms with Crippen molar-refractivity contribution in [2.24, 2.45) is 0 Å². The topological polar surface area (TPSA) is 69.9 Å². The molecule has 1 saturated heterocycles. The highest BCUT2D eigenvalue weighted by Gasteiger charge is 2.36. The van der Waals surface area contributed by atoms with E-state index in [1.165, 1.54) is 11.8 Å². The zero-order chi connectivity index (χ0) is 12.3. The highest BCUT2D eigenvalue weighted by molar-refractivity contribution is 7.99. The van der Waals surface area contributed by atoms with E-state index in [0.717, 1.165) is 4.90 Å². The van der Waals surface area contributed by atoms with Gasteiger partial charge in [0, 0.05) is 11.3 Å². The second-order valence-corrected chi connectivity index (χ2v) is 5.20. The lowest BCUT2D eigenvalue weighted by Crippen LogP contribution is -2.47. The lowest BCUT2D eigenvalue weighted by Gasteiger charge is -2.36. The van der Waals surface area contributed by atoms with Crippen LogP contribution in [0.25, 0.3) is 0 Å². The Morgan fingerprint density at radius 1 is 1.18 bits per heavy atom. The van der Waals surface area contributed by atoms with Gasteiger partial charge in [-0.2, -0.15) is 0 Å². The van der Waals surface area contributed by atoms with E-state index in [1.54, 1.807) is 0 Å². The molecule has 0 spiro atoms. The predicted octanol–water partition coefficient (Wildman–Crippen LogP) is 0.608. The fourth-order valence-corrected chi connectivity index (χ4v) is 2.82. The highest BCUT2D eigenvalue weighted by Crippen LogP contribution is 2.32. The molecule has 1 aliphatic heterocycles. The number of hydrogen-bond acceptors (Lipinski definition) is 5. The van der Waals surface area contributed by atoms with Crippen molar-refractivity contribution in [1.82, 2.24) is 0 Å². The maximum absolute atomic E-state index is 9.83. The molecule has 1 fully saturated rings. The van der Waals surface area contributed by atoms with E-state index in [-0.39, 0.29) is 13.0 Å². The average molecular weight is 256 g/mol.